The second kappa shape index (κ2) is 7.97. The number of amides is 1. The quantitative estimate of drug-likeness (QED) is 0.739. The first kappa shape index (κ1) is 18.2. The third-order valence-corrected chi connectivity index (χ3v) is 4.79. The number of carbonyl (C=O) groups excluding carboxylic acids is 1. The van der Waals surface area contributed by atoms with E-state index in [0.717, 1.165) is 5.56 Å². The fraction of sp³-hybridized carbons (Fsp3) is 0.467. The van der Waals surface area contributed by atoms with Crippen LogP contribution in [0.15, 0.2) is 18.2 Å². The average molecular weight is 347 g/mol. The van der Waals surface area contributed by atoms with Crippen LogP contribution in [0.1, 0.15) is 32.3 Å². The molecule has 0 heterocycles. The van der Waals surface area contributed by atoms with Crippen LogP contribution in [0, 0.1) is 5.41 Å². The standard InChI is InChI=1S/C15H20Cl2N2OS/c1-3-15(4-2,13(18)21)14(20)19-8-7-10-5-6-11(16)9-12(10)17/h5-6,9H,3-4,7-8H2,1-2H3,(H2,18,21)(H,19,20). The van der Waals surface area contributed by atoms with Crippen LogP contribution < -0.4 is 11.1 Å². The Morgan fingerprint density at radius 2 is 1.95 bits per heavy atom. The maximum Gasteiger partial charge on any atom is 0.233 e. The summed E-state index contributed by atoms with van der Waals surface area (Å²) in [5.41, 5.74) is 5.93. The van der Waals surface area contributed by atoms with Crippen molar-refractivity contribution in [2.75, 3.05) is 6.54 Å². The lowest BCUT2D eigenvalue weighted by molar-refractivity contribution is -0.127. The molecule has 0 fully saturated rings. The molecule has 1 rings (SSSR count). The number of benzene rings is 1. The SMILES string of the molecule is CCC(CC)(C(=O)NCCc1ccc(Cl)cc1Cl)C(N)=S. The number of hydrogen-bond donors (Lipinski definition) is 2. The number of carbonyl (C=O) groups is 1. The van der Waals surface area contributed by atoms with Crippen molar-refractivity contribution in [3.05, 3.63) is 33.8 Å². The fourth-order valence-corrected chi connectivity index (χ4v) is 3.12. The maximum atomic E-state index is 12.4. The van der Waals surface area contributed by atoms with Crippen LogP contribution >= 0.6 is 35.4 Å². The largest absolute Gasteiger partial charge is 0.392 e. The summed E-state index contributed by atoms with van der Waals surface area (Å²) >= 11 is 17.0. The van der Waals surface area contributed by atoms with Gasteiger partial charge in [-0.15, -0.1) is 0 Å². The molecule has 3 N–H and O–H groups in total. The normalized spacial score (nSPS) is 11.2. The lowest BCUT2D eigenvalue weighted by Gasteiger charge is -2.28. The molecule has 0 aliphatic carbocycles. The number of thiocarbonyl (C=S) groups is 1. The molecule has 0 aromatic heterocycles. The summed E-state index contributed by atoms with van der Waals surface area (Å²) in [7, 11) is 0. The van der Waals surface area contributed by atoms with E-state index in [1.54, 1.807) is 12.1 Å². The number of nitrogens with one attached hydrogen (secondary N) is 1. The smallest absolute Gasteiger partial charge is 0.233 e. The molecule has 21 heavy (non-hydrogen) atoms. The zero-order valence-corrected chi connectivity index (χ0v) is 14.5. The van der Waals surface area contributed by atoms with Crippen LogP contribution in [0.5, 0.6) is 0 Å². The molecule has 1 aromatic carbocycles. The highest BCUT2D eigenvalue weighted by Gasteiger charge is 2.37. The van der Waals surface area contributed by atoms with E-state index in [1.807, 2.05) is 19.9 Å². The Balaban J connectivity index is 2.66. The molecule has 0 bridgehead atoms. The summed E-state index contributed by atoms with van der Waals surface area (Å²) in [6.07, 6.45) is 1.81. The van der Waals surface area contributed by atoms with Crippen LogP contribution in [-0.4, -0.2) is 17.4 Å². The number of halogens is 2. The Hall–Kier alpha value is -0.840. The Labute approximate surface area is 141 Å². The van der Waals surface area contributed by atoms with Gasteiger partial charge in [-0.05, 0) is 37.0 Å². The van der Waals surface area contributed by atoms with Crippen LogP contribution in [0.4, 0.5) is 0 Å². The Morgan fingerprint density at radius 1 is 1.33 bits per heavy atom. The van der Waals surface area contributed by atoms with Gasteiger partial charge in [0.15, 0.2) is 0 Å². The van der Waals surface area contributed by atoms with Gasteiger partial charge >= 0.3 is 0 Å². The first-order valence-corrected chi connectivity index (χ1v) is 8.06. The summed E-state index contributed by atoms with van der Waals surface area (Å²) in [6, 6.07) is 5.33. The van der Waals surface area contributed by atoms with Crippen molar-refractivity contribution in [3.63, 3.8) is 0 Å². The molecule has 0 radical (unpaired) electrons. The second-order valence-electron chi connectivity index (χ2n) is 4.90. The van der Waals surface area contributed by atoms with Crippen LogP contribution in [0.25, 0.3) is 0 Å². The minimum Gasteiger partial charge on any atom is -0.392 e. The van der Waals surface area contributed by atoms with E-state index in [1.165, 1.54) is 0 Å². The number of hydrogen-bond acceptors (Lipinski definition) is 2. The molecular formula is C15H20Cl2N2OS. The predicted octanol–water partition coefficient (Wildman–Crippen LogP) is 3.74. The van der Waals surface area contributed by atoms with Gasteiger partial charge in [-0.3, -0.25) is 4.79 Å². The van der Waals surface area contributed by atoms with Gasteiger partial charge in [-0.2, -0.15) is 0 Å². The highest BCUT2D eigenvalue weighted by molar-refractivity contribution is 7.80. The molecule has 0 aliphatic rings. The molecule has 6 heteroatoms. The highest BCUT2D eigenvalue weighted by Crippen LogP contribution is 2.27. The lowest BCUT2D eigenvalue weighted by atomic mass is 9.81. The van der Waals surface area contributed by atoms with Crippen molar-refractivity contribution in [2.24, 2.45) is 11.1 Å². The zero-order valence-electron chi connectivity index (χ0n) is 12.2. The van der Waals surface area contributed by atoms with Crippen molar-refractivity contribution in [1.29, 1.82) is 0 Å². The Kier molecular flexibility index (Phi) is 6.91. The first-order valence-electron chi connectivity index (χ1n) is 6.89. The predicted molar refractivity (Wildman–Crippen MR) is 93.0 cm³/mol. The van der Waals surface area contributed by atoms with E-state index >= 15 is 0 Å². The number of rotatable bonds is 7. The van der Waals surface area contributed by atoms with E-state index in [0.29, 0.717) is 35.9 Å². The summed E-state index contributed by atoms with van der Waals surface area (Å²) in [5.74, 6) is -0.120. The second-order valence-corrected chi connectivity index (χ2v) is 6.18. The third kappa shape index (κ3) is 4.31. The summed E-state index contributed by atoms with van der Waals surface area (Å²) < 4.78 is 0. The first-order chi connectivity index (χ1) is 9.87. The molecule has 0 saturated heterocycles. The van der Waals surface area contributed by atoms with E-state index in [9.17, 15) is 4.79 Å². The van der Waals surface area contributed by atoms with Crippen molar-refractivity contribution >= 4 is 46.3 Å². The third-order valence-electron chi connectivity index (χ3n) is 3.81. The Morgan fingerprint density at radius 3 is 2.43 bits per heavy atom. The zero-order chi connectivity index (χ0) is 16.0. The van der Waals surface area contributed by atoms with Crippen molar-refractivity contribution in [2.45, 2.75) is 33.1 Å². The Bertz CT molecular complexity index is 530. The minimum absolute atomic E-state index is 0.120. The van der Waals surface area contributed by atoms with Gasteiger partial charge < -0.3 is 11.1 Å². The molecular weight excluding hydrogens is 327 g/mol. The maximum absolute atomic E-state index is 12.4. The van der Waals surface area contributed by atoms with Gasteiger partial charge in [-0.1, -0.05) is 55.3 Å². The van der Waals surface area contributed by atoms with Gasteiger partial charge in [0.2, 0.25) is 5.91 Å². The van der Waals surface area contributed by atoms with Gasteiger partial charge in [0.25, 0.3) is 0 Å². The molecule has 1 amide bonds. The van der Waals surface area contributed by atoms with Gasteiger partial charge in [0.1, 0.15) is 0 Å². The molecule has 0 atom stereocenters. The van der Waals surface area contributed by atoms with E-state index in [4.69, 9.17) is 41.2 Å². The van der Waals surface area contributed by atoms with E-state index in [2.05, 4.69) is 5.32 Å². The van der Waals surface area contributed by atoms with Crippen LogP contribution in [0.3, 0.4) is 0 Å². The minimum atomic E-state index is -0.765. The van der Waals surface area contributed by atoms with Crippen molar-refractivity contribution in [3.8, 4) is 0 Å². The summed E-state index contributed by atoms with van der Waals surface area (Å²) in [5, 5.41) is 4.09. The fourth-order valence-electron chi connectivity index (χ4n) is 2.24. The van der Waals surface area contributed by atoms with Gasteiger partial charge in [0, 0.05) is 16.6 Å². The van der Waals surface area contributed by atoms with Crippen LogP contribution in [0.2, 0.25) is 10.0 Å². The van der Waals surface area contributed by atoms with Gasteiger partial charge in [0.05, 0.1) is 10.4 Å². The van der Waals surface area contributed by atoms with Crippen molar-refractivity contribution < 1.29 is 4.79 Å². The molecule has 1 aromatic rings. The number of nitrogens with two attached hydrogens (primary N) is 1. The summed E-state index contributed by atoms with van der Waals surface area (Å²) in [4.78, 5) is 12.6. The van der Waals surface area contributed by atoms with Crippen LogP contribution in [-0.2, 0) is 11.2 Å². The molecule has 3 nitrogen and oxygen atoms in total. The van der Waals surface area contributed by atoms with Crippen molar-refractivity contribution in [1.82, 2.24) is 5.32 Å². The monoisotopic (exact) mass is 346 g/mol. The van der Waals surface area contributed by atoms with E-state index in [-0.39, 0.29) is 10.9 Å². The lowest BCUT2D eigenvalue weighted by Crippen LogP contribution is -2.48. The topological polar surface area (TPSA) is 55.1 Å². The van der Waals surface area contributed by atoms with E-state index < -0.39 is 5.41 Å². The molecule has 0 aliphatic heterocycles. The molecule has 116 valence electrons. The summed E-state index contributed by atoms with van der Waals surface area (Å²) in [6.45, 7) is 4.31. The molecule has 0 unspecified atom stereocenters. The average Bonchev–Trinajstić information content (AvgIpc) is 2.43. The highest BCUT2D eigenvalue weighted by atomic mass is 35.5. The molecule has 0 saturated carbocycles. The molecule has 0 spiro atoms. The van der Waals surface area contributed by atoms with Gasteiger partial charge in [-0.25, -0.2) is 0 Å².